The van der Waals surface area contributed by atoms with Crippen LogP contribution in [0.15, 0.2) is 23.3 Å². The molecule has 1 fully saturated rings. The van der Waals surface area contributed by atoms with E-state index < -0.39 is 17.3 Å². The largest absolute Gasteiger partial charge is 0.481 e. The van der Waals surface area contributed by atoms with Gasteiger partial charge in [-0.25, -0.2) is 0 Å². The molecule has 0 bridgehead atoms. The summed E-state index contributed by atoms with van der Waals surface area (Å²) >= 11 is 0. The first-order valence-corrected chi connectivity index (χ1v) is 9.36. The fourth-order valence-corrected chi connectivity index (χ4v) is 5.69. The summed E-state index contributed by atoms with van der Waals surface area (Å²) in [5.41, 5.74) is 1.47. The molecule has 25 heavy (non-hydrogen) atoms. The van der Waals surface area contributed by atoms with Gasteiger partial charge in [-0.15, -0.1) is 0 Å². The maximum Gasteiger partial charge on any atom is 0.306 e. The lowest BCUT2D eigenvalue weighted by atomic mass is 9.48. The Morgan fingerprint density at radius 2 is 2.00 bits per heavy atom. The number of carbonyl (C=O) groups is 2. The van der Waals surface area contributed by atoms with Gasteiger partial charge in [0.2, 0.25) is 0 Å². The Morgan fingerprint density at radius 1 is 1.36 bits per heavy atom. The Hall–Kier alpha value is -1.42. The molecule has 140 valence electrons. The van der Waals surface area contributed by atoms with E-state index in [0.717, 1.165) is 17.6 Å². The Balaban J connectivity index is 2.67. The van der Waals surface area contributed by atoms with Gasteiger partial charge in [0.15, 0.2) is 0 Å². The number of carbonyl (C=O) groups excluding carboxylic acids is 1. The molecule has 0 aromatic carbocycles. The van der Waals surface area contributed by atoms with Crippen LogP contribution in [0.2, 0.25) is 0 Å². The van der Waals surface area contributed by atoms with Crippen LogP contribution in [0.25, 0.3) is 0 Å². The highest BCUT2D eigenvalue weighted by molar-refractivity contribution is 5.87. The van der Waals surface area contributed by atoms with Crippen molar-refractivity contribution >= 4 is 11.8 Å². The van der Waals surface area contributed by atoms with Gasteiger partial charge < -0.3 is 10.2 Å². The van der Waals surface area contributed by atoms with Gasteiger partial charge in [0.05, 0.1) is 5.92 Å². The fraction of sp³-hybridized carbons (Fsp3) is 0.714. The lowest BCUT2D eigenvalue weighted by molar-refractivity contribution is -0.156. The molecule has 2 rings (SSSR count). The van der Waals surface area contributed by atoms with Gasteiger partial charge in [0.1, 0.15) is 5.78 Å². The Morgan fingerprint density at radius 3 is 2.52 bits per heavy atom. The van der Waals surface area contributed by atoms with Crippen LogP contribution in [0.4, 0.5) is 0 Å². The molecule has 2 aliphatic carbocycles. The number of ketones is 1. The molecular weight excluding hydrogens is 316 g/mol. The molecule has 1 saturated carbocycles. The average molecular weight is 348 g/mol. The summed E-state index contributed by atoms with van der Waals surface area (Å²) in [5, 5.41) is 19.3. The predicted molar refractivity (Wildman–Crippen MR) is 98.0 cm³/mol. The van der Waals surface area contributed by atoms with Crippen molar-refractivity contribution in [2.24, 2.45) is 35.0 Å². The molecule has 4 heteroatoms. The van der Waals surface area contributed by atoms with E-state index in [2.05, 4.69) is 19.9 Å². The first-order valence-electron chi connectivity index (χ1n) is 9.36. The first kappa shape index (κ1) is 19.9. The molecule has 0 spiro atoms. The monoisotopic (exact) mass is 348 g/mol. The number of aliphatic carboxylic acids is 1. The van der Waals surface area contributed by atoms with E-state index in [9.17, 15) is 19.8 Å². The number of carboxylic acids is 1. The number of fused-ring (bicyclic) bond motifs is 1. The van der Waals surface area contributed by atoms with Crippen LogP contribution >= 0.6 is 0 Å². The number of aliphatic hydroxyl groups excluding tert-OH is 1. The van der Waals surface area contributed by atoms with Crippen LogP contribution in [0.3, 0.4) is 0 Å². The van der Waals surface area contributed by atoms with Crippen molar-refractivity contribution in [1.82, 2.24) is 0 Å². The molecule has 6 atom stereocenters. The summed E-state index contributed by atoms with van der Waals surface area (Å²) < 4.78 is 0. The SMILES string of the molecule is C/C=C(\C)[C@H]1C(C)=C[C@H]2C[C@@H](C)C[C@@H](C(=O)O)[C@@H]2[C@@]1(C)C(=O)CCO. The van der Waals surface area contributed by atoms with Gasteiger partial charge in [-0.2, -0.15) is 0 Å². The maximum absolute atomic E-state index is 13.2. The minimum Gasteiger partial charge on any atom is -0.481 e. The minimum absolute atomic E-state index is 0.00977. The maximum atomic E-state index is 13.2. The van der Waals surface area contributed by atoms with Crippen molar-refractivity contribution in [2.75, 3.05) is 6.61 Å². The second-order valence-corrected chi connectivity index (χ2v) is 8.27. The summed E-state index contributed by atoms with van der Waals surface area (Å²) in [7, 11) is 0. The number of allylic oxidation sites excluding steroid dienone is 4. The number of carboxylic acid groups (broad SMARTS) is 1. The molecule has 2 N–H and O–H groups in total. The van der Waals surface area contributed by atoms with Crippen molar-refractivity contribution in [2.45, 2.75) is 53.9 Å². The average Bonchev–Trinajstić information content (AvgIpc) is 2.53. The number of Topliss-reactive ketones (excluding diaryl/α,β-unsaturated/α-hetero) is 1. The van der Waals surface area contributed by atoms with Crippen LogP contribution in [0.1, 0.15) is 53.9 Å². The van der Waals surface area contributed by atoms with Crippen molar-refractivity contribution in [1.29, 1.82) is 0 Å². The topological polar surface area (TPSA) is 74.6 Å². The van der Waals surface area contributed by atoms with Crippen LogP contribution in [-0.2, 0) is 9.59 Å². The van der Waals surface area contributed by atoms with Gasteiger partial charge in [-0.05, 0) is 51.4 Å². The fourth-order valence-electron chi connectivity index (χ4n) is 5.69. The van der Waals surface area contributed by atoms with E-state index in [4.69, 9.17) is 0 Å². The predicted octanol–water partition coefficient (Wildman–Crippen LogP) is 3.85. The standard InChI is InChI=1S/C21H32O4/c1-6-13(3)18-14(4)11-15-9-12(2)10-16(20(24)25)19(15)21(18,5)17(23)7-8-22/h6,11-12,15-16,18-19,22H,7-10H2,1-5H3,(H,24,25)/b13-6+/t12-,15-,16-,18+,19-,21+/m1/s1. The van der Waals surface area contributed by atoms with Crippen LogP contribution in [0, 0.1) is 35.0 Å². The molecule has 2 aliphatic rings. The van der Waals surface area contributed by atoms with Gasteiger partial charge in [0.25, 0.3) is 0 Å². The quantitative estimate of drug-likeness (QED) is 0.740. The molecule has 0 radical (unpaired) electrons. The highest BCUT2D eigenvalue weighted by Gasteiger charge is 2.58. The van der Waals surface area contributed by atoms with Gasteiger partial charge in [-0.3, -0.25) is 9.59 Å². The van der Waals surface area contributed by atoms with Crippen molar-refractivity contribution < 1.29 is 19.8 Å². The smallest absolute Gasteiger partial charge is 0.306 e. The third-order valence-electron chi connectivity index (χ3n) is 6.62. The van der Waals surface area contributed by atoms with Crippen molar-refractivity contribution in [3.05, 3.63) is 23.3 Å². The van der Waals surface area contributed by atoms with Crippen LogP contribution in [-0.4, -0.2) is 28.6 Å². The first-order chi connectivity index (χ1) is 11.7. The van der Waals surface area contributed by atoms with Gasteiger partial charge in [0, 0.05) is 24.4 Å². The van der Waals surface area contributed by atoms with Crippen molar-refractivity contribution in [3.63, 3.8) is 0 Å². The Kier molecular flexibility index (Phi) is 5.93. The molecule has 0 aromatic heterocycles. The Bertz CT molecular complexity index is 603. The molecular formula is C21H32O4. The summed E-state index contributed by atoms with van der Waals surface area (Å²) in [6.07, 6.45) is 5.88. The minimum atomic E-state index is -0.797. The zero-order chi connectivity index (χ0) is 18.9. The molecule has 0 saturated heterocycles. The normalized spacial score (nSPS) is 38.7. The molecule has 0 aromatic rings. The molecule has 0 unspecified atom stereocenters. The molecule has 0 heterocycles. The zero-order valence-corrected chi connectivity index (χ0v) is 16.1. The van der Waals surface area contributed by atoms with E-state index in [1.807, 2.05) is 26.8 Å². The summed E-state index contributed by atoms with van der Waals surface area (Å²) in [6, 6.07) is 0. The lowest BCUT2D eigenvalue weighted by Crippen LogP contribution is -2.55. The second-order valence-electron chi connectivity index (χ2n) is 8.27. The highest BCUT2D eigenvalue weighted by atomic mass is 16.4. The van der Waals surface area contributed by atoms with Crippen LogP contribution < -0.4 is 0 Å². The second kappa shape index (κ2) is 7.45. The third-order valence-corrected chi connectivity index (χ3v) is 6.62. The lowest BCUT2D eigenvalue weighted by Gasteiger charge is -2.54. The summed E-state index contributed by atoms with van der Waals surface area (Å²) in [5.74, 6) is -1.19. The van der Waals surface area contributed by atoms with Crippen LogP contribution in [0.5, 0.6) is 0 Å². The highest BCUT2D eigenvalue weighted by Crippen LogP contribution is 2.58. The number of hydrogen-bond acceptors (Lipinski definition) is 3. The molecule has 0 aliphatic heterocycles. The number of hydrogen-bond donors (Lipinski definition) is 2. The van der Waals surface area contributed by atoms with E-state index in [1.54, 1.807) is 0 Å². The van der Waals surface area contributed by atoms with Gasteiger partial charge in [-0.1, -0.05) is 37.1 Å². The van der Waals surface area contributed by atoms with E-state index >= 15 is 0 Å². The van der Waals surface area contributed by atoms with E-state index in [1.165, 1.54) is 0 Å². The van der Waals surface area contributed by atoms with Gasteiger partial charge >= 0.3 is 5.97 Å². The number of rotatable bonds is 5. The summed E-state index contributed by atoms with van der Waals surface area (Å²) in [6.45, 7) is 9.91. The third kappa shape index (κ3) is 3.33. The number of aliphatic hydroxyl groups is 1. The molecule has 0 amide bonds. The zero-order valence-electron chi connectivity index (χ0n) is 16.1. The molecule has 4 nitrogen and oxygen atoms in total. The van der Waals surface area contributed by atoms with Crippen molar-refractivity contribution in [3.8, 4) is 0 Å². The summed E-state index contributed by atoms with van der Waals surface area (Å²) in [4.78, 5) is 25.2. The Labute approximate surface area is 151 Å². The van der Waals surface area contributed by atoms with E-state index in [0.29, 0.717) is 12.3 Å². The van der Waals surface area contributed by atoms with E-state index in [-0.39, 0.29) is 36.6 Å².